The number of ether oxygens (including phenoxy) is 2. The molecule has 4 nitrogen and oxygen atoms in total. The molecule has 25 heavy (non-hydrogen) atoms. The number of benzene rings is 2. The van der Waals surface area contributed by atoms with Gasteiger partial charge in [-0.3, -0.25) is 0 Å². The second kappa shape index (κ2) is 9.88. The highest BCUT2D eigenvalue weighted by molar-refractivity contribution is 6.30. The maximum atomic E-state index is 9.30. The van der Waals surface area contributed by atoms with Crippen molar-refractivity contribution in [2.24, 2.45) is 0 Å². The predicted octanol–water partition coefficient (Wildman–Crippen LogP) is 4.21. The molecule has 0 amide bonds. The Balaban J connectivity index is 0.00000312. The van der Waals surface area contributed by atoms with Crippen LogP contribution in [0.3, 0.4) is 0 Å². The van der Waals surface area contributed by atoms with E-state index in [0.29, 0.717) is 29.7 Å². The maximum absolute atomic E-state index is 9.30. The quantitative estimate of drug-likeness (QED) is 0.714. The van der Waals surface area contributed by atoms with E-state index in [4.69, 9.17) is 21.1 Å². The predicted molar refractivity (Wildman–Crippen MR) is 104 cm³/mol. The summed E-state index contributed by atoms with van der Waals surface area (Å²) in [4.78, 5) is 0. The molecule has 0 aliphatic heterocycles. The van der Waals surface area contributed by atoms with Gasteiger partial charge in [0.25, 0.3) is 0 Å². The summed E-state index contributed by atoms with van der Waals surface area (Å²) in [6.45, 7) is 5.04. The minimum atomic E-state index is -0.324. The van der Waals surface area contributed by atoms with E-state index in [0.717, 1.165) is 11.1 Å². The lowest BCUT2D eigenvalue weighted by atomic mass is 10.1. The van der Waals surface area contributed by atoms with Crippen molar-refractivity contribution in [1.82, 2.24) is 5.32 Å². The molecule has 0 spiro atoms. The van der Waals surface area contributed by atoms with E-state index in [1.807, 2.05) is 56.3 Å². The average Bonchev–Trinajstić information content (AvgIpc) is 2.58. The first-order valence-corrected chi connectivity index (χ1v) is 8.21. The normalized spacial score (nSPS) is 10.9. The fraction of sp³-hybridized carbons (Fsp3) is 0.368. The van der Waals surface area contributed by atoms with Crippen molar-refractivity contribution in [3.8, 4) is 11.5 Å². The second-order valence-corrected chi connectivity index (χ2v) is 6.74. The third-order valence-corrected chi connectivity index (χ3v) is 3.91. The smallest absolute Gasteiger partial charge is 0.161 e. The Morgan fingerprint density at radius 3 is 2.48 bits per heavy atom. The molecule has 0 aliphatic carbocycles. The molecule has 0 fully saturated rings. The van der Waals surface area contributed by atoms with Gasteiger partial charge in [0.1, 0.15) is 6.61 Å². The van der Waals surface area contributed by atoms with Gasteiger partial charge in [0.05, 0.1) is 13.7 Å². The number of halogens is 2. The van der Waals surface area contributed by atoms with E-state index < -0.39 is 0 Å². The maximum Gasteiger partial charge on any atom is 0.161 e. The number of aliphatic hydroxyl groups is 1. The summed E-state index contributed by atoms with van der Waals surface area (Å²) in [7, 11) is 1.62. The van der Waals surface area contributed by atoms with Crippen molar-refractivity contribution >= 4 is 24.0 Å². The van der Waals surface area contributed by atoms with Crippen molar-refractivity contribution in [2.75, 3.05) is 13.7 Å². The Hall–Kier alpha value is -1.46. The standard InChI is InChI=1S/C19H24ClNO3.ClH/c1-19(2,13-22)21-11-14-7-8-17(18(10-14)23-3)24-12-15-5-4-6-16(20)9-15;/h4-10,21-22H,11-13H2,1-3H3;1H. The van der Waals surface area contributed by atoms with Crippen LogP contribution in [-0.4, -0.2) is 24.4 Å². The summed E-state index contributed by atoms with van der Waals surface area (Å²) in [6, 6.07) is 13.4. The molecular weight excluding hydrogens is 361 g/mol. The largest absolute Gasteiger partial charge is 0.493 e. The van der Waals surface area contributed by atoms with E-state index in [1.54, 1.807) is 7.11 Å². The first-order chi connectivity index (χ1) is 11.4. The average molecular weight is 386 g/mol. The van der Waals surface area contributed by atoms with E-state index in [-0.39, 0.29) is 24.6 Å². The van der Waals surface area contributed by atoms with Gasteiger partial charge >= 0.3 is 0 Å². The summed E-state index contributed by atoms with van der Waals surface area (Å²) in [5.41, 5.74) is 1.73. The fourth-order valence-corrected chi connectivity index (χ4v) is 2.34. The van der Waals surface area contributed by atoms with Crippen LogP contribution in [0.15, 0.2) is 42.5 Å². The lowest BCUT2D eigenvalue weighted by Crippen LogP contribution is -2.42. The first kappa shape index (κ1) is 21.6. The van der Waals surface area contributed by atoms with Gasteiger partial charge in [0.2, 0.25) is 0 Å². The van der Waals surface area contributed by atoms with Crippen LogP contribution in [0.1, 0.15) is 25.0 Å². The molecule has 0 aliphatic rings. The Morgan fingerprint density at radius 2 is 1.84 bits per heavy atom. The van der Waals surface area contributed by atoms with Gasteiger partial charge in [-0.15, -0.1) is 12.4 Å². The van der Waals surface area contributed by atoms with Crippen LogP contribution >= 0.6 is 24.0 Å². The second-order valence-electron chi connectivity index (χ2n) is 6.30. The number of methoxy groups -OCH3 is 1. The van der Waals surface area contributed by atoms with Gasteiger partial charge in [-0.05, 0) is 49.2 Å². The summed E-state index contributed by atoms with van der Waals surface area (Å²) in [5, 5.41) is 13.3. The first-order valence-electron chi connectivity index (χ1n) is 7.83. The molecule has 0 bridgehead atoms. The molecule has 0 aromatic heterocycles. The van der Waals surface area contributed by atoms with Crippen LogP contribution < -0.4 is 14.8 Å². The Labute approximate surface area is 160 Å². The van der Waals surface area contributed by atoms with Gasteiger partial charge in [-0.1, -0.05) is 29.8 Å². The van der Waals surface area contributed by atoms with Crippen LogP contribution in [0, 0.1) is 0 Å². The van der Waals surface area contributed by atoms with Crippen LogP contribution in [0.25, 0.3) is 0 Å². The zero-order chi connectivity index (χ0) is 17.6. The zero-order valence-corrected chi connectivity index (χ0v) is 16.3. The number of hydrogen-bond donors (Lipinski definition) is 2. The van der Waals surface area contributed by atoms with Crippen molar-refractivity contribution in [3.63, 3.8) is 0 Å². The van der Waals surface area contributed by atoms with Crippen molar-refractivity contribution < 1.29 is 14.6 Å². The van der Waals surface area contributed by atoms with E-state index in [1.165, 1.54) is 0 Å². The summed E-state index contributed by atoms with van der Waals surface area (Å²) >= 11 is 5.98. The Morgan fingerprint density at radius 1 is 1.08 bits per heavy atom. The highest BCUT2D eigenvalue weighted by Crippen LogP contribution is 2.29. The molecular formula is C19H25Cl2NO3. The molecule has 2 aromatic carbocycles. The van der Waals surface area contributed by atoms with Crippen molar-refractivity contribution in [1.29, 1.82) is 0 Å². The topological polar surface area (TPSA) is 50.7 Å². The highest BCUT2D eigenvalue weighted by atomic mass is 35.5. The molecule has 2 aromatic rings. The zero-order valence-electron chi connectivity index (χ0n) is 14.7. The lowest BCUT2D eigenvalue weighted by molar-refractivity contribution is 0.187. The minimum absolute atomic E-state index is 0. The van der Waals surface area contributed by atoms with Crippen LogP contribution in [-0.2, 0) is 13.2 Å². The highest BCUT2D eigenvalue weighted by Gasteiger charge is 2.15. The molecule has 0 heterocycles. The lowest BCUT2D eigenvalue weighted by Gasteiger charge is -2.23. The van der Waals surface area contributed by atoms with Crippen LogP contribution in [0.5, 0.6) is 11.5 Å². The van der Waals surface area contributed by atoms with Gasteiger partial charge in [-0.2, -0.15) is 0 Å². The third kappa shape index (κ3) is 6.75. The van der Waals surface area contributed by atoms with E-state index in [2.05, 4.69) is 5.32 Å². The number of nitrogens with one attached hydrogen (secondary N) is 1. The Bertz CT molecular complexity index is 677. The monoisotopic (exact) mass is 385 g/mol. The van der Waals surface area contributed by atoms with Gasteiger partial charge < -0.3 is 19.9 Å². The molecule has 0 unspecified atom stereocenters. The molecule has 0 saturated carbocycles. The number of hydrogen-bond acceptors (Lipinski definition) is 4. The summed E-state index contributed by atoms with van der Waals surface area (Å²) in [5.74, 6) is 1.36. The summed E-state index contributed by atoms with van der Waals surface area (Å²) in [6.07, 6.45) is 0. The van der Waals surface area contributed by atoms with Crippen molar-refractivity contribution in [2.45, 2.75) is 32.5 Å². The molecule has 138 valence electrons. The van der Waals surface area contributed by atoms with Gasteiger partial charge in [0, 0.05) is 17.1 Å². The van der Waals surface area contributed by atoms with Gasteiger partial charge in [0.15, 0.2) is 11.5 Å². The SMILES string of the molecule is COc1cc(CNC(C)(C)CO)ccc1OCc1cccc(Cl)c1.Cl. The van der Waals surface area contributed by atoms with Crippen molar-refractivity contribution in [3.05, 3.63) is 58.6 Å². The molecule has 6 heteroatoms. The molecule has 0 saturated heterocycles. The van der Waals surface area contributed by atoms with Gasteiger partial charge in [-0.25, -0.2) is 0 Å². The Kier molecular flexibility index (Phi) is 8.53. The molecule has 2 rings (SSSR count). The van der Waals surface area contributed by atoms with E-state index in [9.17, 15) is 5.11 Å². The third-order valence-electron chi connectivity index (χ3n) is 3.68. The molecule has 0 radical (unpaired) electrons. The fourth-order valence-electron chi connectivity index (χ4n) is 2.13. The summed E-state index contributed by atoms with van der Waals surface area (Å²) < 4.78 is 11.3. The molecule has 0 atom stereocenters. The van der Waals surface area contributed by atoms with Crippen LogP contribution in [0.2, 0.25) is 5.02 Å². The van der Waals surface area contributed by atoms with E-state index >= 15 is 0 Å². The van der Waals surface area contributed by atoms with Crippen LogP contribution in [0.4, 0.5) is 0 Å². The minimum Gasteiger partial charge on any atom is -0.493 e. The number of rotatable bonds is 8. The number of aliphatic hydroxyl groups excluding tert-OH is 1. The molecule has 2 N–H and O–H groups in total.